The van der Waals surface area contributed by atoms with E-state index in [-0.39, 0.29) is 0 Å². The average Bonchev–Trinajstić information content (AvgIpc) is 2.58. The number of aliphatic hydroxyl groups is 1. The van der Waals surface area contributed by atoms with E-state index in [9.17, 15) is 5.11 Å². The Hall–Kier alpha value is -0.380. The largest absolute Gasteiger partial charge is 0.390 e. The lowest BCUT2D eigenvalue weighted by Gasteiger charge is -2.26. The zero-order valence-corrected chi connectivity index (χ0v) is 13.3. The van der Waals surface area contributed by atoms with Gasteiger partial charge in [0.15, 0.2) is 0 Å². The molecule has 0 amide bonds. The second-order valence-electron chi connectivity index (χ2n) is 5.91. The van der Waals surface area contributed by atoms with Gasteiger partial charge in [-0.05, 0) is 38.3 Å². The van der Waals surface area contributed by atoms with Crippen LogP contribution in [0.15, 0.2) is 30.3 Å². The first-order valence-corrected chi connectivity index (χ1v) is 8.28. The van der Waals surface area contributed by atoms with Gasteiger partial charge in [0.2, 0.25) is 0 Å². The van der Waals surface area contributed by atoms with Gasteiger partial charge < -0.3 is 10.0 Å². The molecule has 0 bridgehead atoms. The summed E-state index contributed by atoms with van der Waals surface area (Å²) in [5, 5.41) is 11.1. The second-order valence-corrected chi connectivity index (χ2v) is 6.56. The molecule has 106 valence electrons. The highest BCUT2D eigenvalue weighted by Gasteiger charge is 2.26. The summed E-state index contributed by atoms with van der Waals surface area (Å²) in [4.78, 5) is 2.50. The normalized spacial score (nSPS) is 26.9. The maximum atomic E-state index is 10.1. The molecule has 1 N–H and O–H groups in total. The number of hydrogen-bond acceptors (Lipinski definition) is 2. The first kappa shape index (κ1) is 15.0. The van der Waals surface area contributed by atoms with E-state index in [0.717, 1.165) is 44.2 Å². The Balaban J connectivity index is 1.95. The van der Waals surface area contributed by atoms with Gasteiger partial charge in [-0.25, -0.2) is 0 Å². The lowest BCUT2D eigenvalue weighted by Crippen LogP contribution is -2.32. The van der Waals surface area contributed by atoms with Crippen molar-refractivity contribution in [3.8, 4) is 0 Å². The van der Waals surface area contributed by atoms with Gasteiger partial charge in [0.05, 0.1) is 5.60 Å². The van der Waals surface area contributed by atoms with E-state index >= 15 is 0 Å². The van der Waals surface area contributed by atoms with Crippen molar-refractivity contribution in [1.82, 2.24) is 4.90 Å². The molecule has 1 aliphatic rings. The van der Waals surface area contributed by atoms with Gasteiger partial charge in [-0.15, -0.1) is 0 Å². The highest BCUT2D eigenvalue weighted by Crippen LogP contribution is 2.24. The topological polar surface area (TPSA) is 23.5 Å². The van der Waals surface area contributed by atoms with E-state index < -0.39 is 5.60 Å². The standard InChI is InChI=1S/C16H24BrNO/c1-16(19)8-5-10-18(11-9-16)13-15(12-17)14-6-3-2-4-7-14/h2-4,6-7,15,19H,5,8-13H2,1H3. The van der Waals surface area contributed by atoms with Gasteiger partial charge in [0.1, 0.15) is 0 Å². The van der Waals surface area contributed by atoms with Crippen molar-refractivity contribution in [1.29, 1.82) is 0 Å². The molecule has 3 heteroatoms. The molecule has 0 aliphatic carbocycles. The summed E-state index contributed by atoms with van der Waals surface area (Å²) in [6, 6.07) is 10.7. The lowest BCUT2D eigenvalue weighted by molar-refractivity contribution is 0.0445. The van der Waals surface area contributed by atoms with Crippen LogP contribution >= 0.6 is 15.9 Å². The number of nitrogens with zero attached hydrogens (tertiary/aromatic N) is 1. The molecular weight excluding hydrogens is 302 g/mol. The van der Waals surface area contributed by atoms with Crippen LogP contribution < -0.4 is 0 Å². The monoisotopic (exact) mass is 325 g/mol. The molecule has 1 heterocycles. The van der Waals surface area contributed by atoms with Crippen LogP contribution in [-0.2, 0) is 0 Å². The summed E-state index contributed by atoms with van der Waals surface area (Å²) in [5.74, 6) is 0.532. The van der Waals surface area contributed by atoms with Gasteiger partial charge in [-0.1, -0.05) is 46.3 Å². The molecule has 2 atom stereocenters. The minimum atomic E-state index is -0.467. The van der Waals surface area contributed by atoms with Crippen LogP contribution in [0.2, 0.25) is 0 Å². The molecular formula is C16H24BrNO. The maximum Gasteiger partial charge on any atom is 0.0632 e. The van der Waals surface area contributed by atoms with E-state index in [0.29, 0.717) is 5.92 Å². The van der Waals surface area contributed by atoms with Crippen molar-refractivity contribution in [2.75, 3.05) is 25.0 Å². The Labute approximate surface area is 124 Å². The SMILES string of the molecule is CC1(O)CCCN(CC(CBr)c2ccccc2)CC1. The Kier molecular flexibility index (Phi) is 5.43. The van der Waals surface area contributed by atoms with Crippen molar-refractivity contribution in [2.45, 2.75) is 37.7 Å². The molecule has 2 nitrogen and oxygen atoms in total. The molecule has 2 rings (SSSR count). The summed E-state index contributed by atoms with van der Waals surface area (Å²) in [6.07, 6.45) is 2.90. The Morgan fingerprint density at radius 2 is 2.00 bits per heavy atom. The minimum absolute atomic E-state index is 0.467. The van der Waals surface area contributed by atoms with Gasteiger partial charge >= 0.3 is 0 Å². The number of hydrogen-bond donors (Lipinski definition) is 1. The van der Waals surface area contributed by atoms with Crippen LogP contribution in [0.5, 0.6) is 0 Å². The molecule has 0 aromatic heterocycles. The third-order valence-corrected chi connectivity index (χ3v) is 4.87. The van der Waals surface area contributed by atoms with E-state index in [1.807, 2.05) is 6.92 Å². The summed E-state index contributed by atoms with van der Waals surface area (Å²) in [7, 11) is 0. The Morgan fingerprint density at radius 1 is 1.26 bits per heavy atom. The number of rotatable bonds is 4. The van der Waals surface area contributed by atoms with E-state index in [1.54, 1.807) is 0 Å². The molecule has 1 saturated heterocycles. The third-order valence-electron chi connectivity index (χ3n) is 4.09. The van der Waals surface area contributed by atoms with Crippen molar-refractivity contribution in [3.05, 3.63) is 35.9 Å². The number of alkyl halides is 1. The van der Waals surface area contributed by atoms with Crippen LogP contribution in [0.3, 0.4) is 0 Å². The predicted octanol–water partition coefficient (Wildman–Crippen LogP) is 3.40. The second kappa shape index (κ2) is 6.87. The third kappa shape index (κ3) is 4.59. The zero-order valence-electron chi connectivity index (χ0n) is 11.7. The molecule has 1 fully saturated rings. The predicted molar refractivity (Wildman–Crippen MR) is 83.9 cm³/mol. The van der Waals surface area contributed by atoms with Gasteiger partial charge in [-0.2, -0.15) is 0 Å². The van der Waals surface area contributed by atoms with Crippen LogP contribution in [-0.4, -0.2) is 40.6 Å². The summed E-state index contributed by atoms with van der Waals surface area (Å²) in [6.45, 7) is 5.15. The molecule has 0 radical (unpaired) electrons. The van der Waals surface area contributed by atoms with E-state index in [1.165, 1.54) is 5.56 Å². The summed E-state index contributed by atoms with van der Waals surface area (Å²) in [5.41, 5.74) is 0.932. The van der Waals surface area contributed by atoms with Gasteiger partial charge in [0, 0.05) is 24.3 Å². The van der Waals surface area contributed by atoms with Crippen molar-refractivity contribution in [3.63, 3.8) is 0 Å². The quantitative estimate of drug-likeness (QED) is 0.857. The molecule has 2 unspecified atom stereocenters. The van der Waals surface area contributed by atoms with Gasteiger partial charge in [-0.3, -0.25) is 0 Å². The Morgan fingerprint density at radius 3 is 2.68 bits per heavy atom. The van der Waals surface area contributed by atoms with Crippen LogP contribution in [0, 0.1) is 0 Å². The highest BCUT2D eigenvalue weighted by molar-refractivity contribution is 9.09. The number of likely N-dealkylation sites (tertiary alicyclic amines) is 1. The zero-order chi connectivity index (χ0) is 13.7. The molecule has 19 heavy (non-hydrogen) atoms. The first-order valence-electron chi connectivity index (χ1n) is 7.16. The van der Waals surface area contributed by atoms with Crippen LogP contribution in [0.25, 0.3) is 0 Å². The molecule has 0 spiro atoms. The van der Waals surface area contributed by atoms with Crippen molar-refractivity contribution in [2.24, 2.45) is 0 Å². The fraction of sp³-hybridized carbons (Fsp3) is 0.625. The number of halogens is 1. The van der Waals surface area contributed by atoms with E-state index in [2.05, 4.69) is 51.2 Å². The average molecular weight is 326 g/mol. The van der Waals surface area contributed by atoms with Crippen LogP contribution in [0.4, 0.5) is 0 Å². The first-order chi connectivity index (χ1) is 9.11. The van der Waals surface area contributed by atoms with Crippen molar-refractivity contribution >= 4 is 15.9 Å². The lowest BCUT2D eigenvalue weighted by atomic mass is 9.98. The van der Waals surface area contributed by atoms with Crippen molar-refractivity contribution < 1.29 is 5.11 Å². The molecule has 1 aromatic carbocycles. The molecule has 1 aromatic rings. The fourth-order valence-corrected chi connectivity index (χ4v) is 3.36. The number of benzene rings is 1. The Bertz CT molecular complexity index is 380. The molecule has 0 saturated carbocycles. The highest BCUT2D eigenvalue weighted by atomic mass is 79.9. The maximum absolute atomic E-state index is 10.1. The summed E-state index contributed by atoms with van der Waals surface area (Å²) < 4.78 is 0. The summed E-state index contributed by atoms with van der Waals surface area (Å²) >= 11 is 3.65. The minimum Gasteiger partial charge on any atom is -0.390 e. The van der Waals surface area contributed by atoms with Crippen LogP contribution in [0.1, 0.15) is 37.7 Å². The molecule has 1 aliphatic heterocycles. The van der Waals surface area contributed by atoms with Gasteiger partial charge in [0.25, 0.3) is 0 Å². The fourth-order valence-electron chi connectivity index (χ4n) is 2.78. The smallest absolute Gasteiger partial charge is 0.0632 e. The van der Waals surface area contributed by atoms with E-state index in [4.69, 9.17) is 0 Å².